The third-order valence-electron chi connectivity index (χ3n) is 3.07. The van der Waals surface area contributed by atoms with Crippen molar-refractivity contribution in [1.82, 2.24) is 9.78 Å². The van der Waals surface area contributed by atoms with Crippen molar-refractivity contribution in [1.29, 1.82) is 0 Å². The van der Waals surface area contributed by atoms with E-state index in [0.29, 0.717) is 16.5 Å². The predicted octanol–water partition coefficient (Wildman–Crippen LogP) is 1.60. The number of nitrogens with one attached hydrogen (secondary N) is 1. The minimum absolute atomic E-state index is 0.120. The summed E-state index contributed by atoms with van der Waals surface area (Å²) in [4.78, 5) is 22.1. The Hall–Kier alpha value is -2.34. The van der Waals surface area contributed by atoms with Crippen LogP contribution in [0.4, 0.5) is 5.82 Å². The van der Waals surface area contributed by atoms with Crippen molar-refractivity contribution in [2.45, 2.75) is 19.3 Å². The molecule has 0 radical (unpaired) electrons. The summed E-state index contributed by atoms with van der Waals surface area (Å²) < 4.78 is 1.56. The highest BCUT2D eigenvalue weighted by atomic mass is 35.5. The molecule has 1 aromatic heterocycles. The van der Waals surface area contributed by atoms with Gasteiger partial charge in [0.2, 0.25) is 5.91 Å². The maximum Gasteiger partial charge on any atom is 0.225 e. The Morgan fingerprint density at radius 2 is 1.95 bits per heavy atom. The molecule has 0 bridgehead atoms. The SMILES string of the molecule is Cn1nc(-c2ccc(Cl)cc2)cc1NC(=O)CCCC(=O)[O-]. The van der Waals surface area contributed by atoms with Crippen LogP contribution in [-0.4, -0.2) is 21.7 Å². The number of benzene rings is 1. The highest BCUT2D eigenvalue weighted by Crippen LogP contribution is 2.23. The summed E-state index contributed by atoms with van der Waals surface area (Å²) in [5, 5.41) is 18.0. The number of carboxylic acid groups (broad SMARTS) is 1. The molecule has 1 N–H and O–H groups in total. The molecule has 0 fully saturated rings. The topological polar surface area (TPSA) is 87.0 Å². The first kappa shape index (κ1) is 16.0. The molecule has 0 aliphatic rings. The molecule has 22 heavy (non-hydrogen) atoms. The first-order valence-corrected chi connectivity index (χ1v) is 7.13. The maximum absolute atomic E-state index is 11.8. The van der Waals surface area contributed by atoms with Crippen LogP contribution in [0.1, 0.15) is 19.3 Å². The molecule has 2 aromatic rings. The van der Waals surface area contributed by atoms with Crippen LogP contribution >= 0.6 is 11.6 Å². The zero-order valence-electron chi connectivity index (χ0n) is 12.0. The molecular formula is C15H15ClN3O3-. The van der Waals surface area contributed by atoms with Crippen molar-refractivity contribution in [2.24, 2.45) is 7.05 Å². The minimum atomic E-state index is -1.15. The van der Waals surface area contributed by atoms with Crippen molar-refractivity contribution in [3.63, 3.8) is 0 Å². The van der Waals surface area contributed by atoms with Gasteiger partial charge < -0.3 is 15.2 Å². The normalized spacial score (nSPS) is 10.5. The molecule has 1 heterocycles. The van der Waals surface area contributed by atoms with Gasteiger partial charge in [0, 0.05) is 36.1 Å². The van der Waals surface area contributed by atoms with Gasteiger partial charge in [-0.25, -0.2) is 0 Å². The molecular weight excluding hydrogens is 306 g/mol. The van der Waals surface area contributed by atoms with Gasteiger partial charge in [-0.05, 0) is 25.0 Å². The highest BCUT2D eigenvalue weighted by molar-refractivity contribution is 6.30. The van der Waals surface area contributed by atoms with Gasteiger partial charge in [-0.15, -0.1) is 0 Å². The van der Waals surface area contributed by atoms with Gasteiger partial charge in [-0.3, -0.25) is 9.48 Å². The second kappa shape index (κ2) is 7.09. The van der Waals surface area contributed by atoms with Crippen molar-refractivity contribution in [3.8, 4) is 11.3 Å². The number of halogens is 1. The van der Waals surface area contributed by atoms with E-state index in [9.17, 15) is 14.7 Å². The molecule has 0 saturated carbocycles. The van der Waals surface area contributed by atoms with E-state index >= 15 is 0 Å². The molecule has 1 amide bonds. The first-order chi connectivity index (χ1) is 10.5. The minimum Gasteiger partial charge on any atom is -0.550 e. The number of carbonyl (C=O) groups is 2. The number of aryl methyl sites for hydroxylation is 1. The average Bonchev–Trinajstić information content (AvgIpc) is 2.80. The standard InChI is InChI=1S/C15H16ClN3O3/c1-19-13(17-14(20)3-2-4-15(21)22)9-12(18-19)10-5-7-11(16)8-6-10/h5-9H,2-4H2,1H3,(H,17,20)(H,21,22)/p-1. The molecule has 7 heteroatoms. The largest absolute Gasteiger partial charge is 0.550 e. The first-order valence-electron chi connectivity index (χ1n) is 6.75. The average molecular weight is 321 g/mol. The number of carbonyl (C=O) groups excluding carboxylic acids is 2. The van der Waals surface area contributed by atoms with Gasteiger partial charge >= 0.3 is 0 Å². The van der Waals surface area contributed by atoms with Gasteiger partial charge in [-0.2, -0.15) is 5.10 Å². The van der Waals surface area contributed by atoms with Gasteiger partial charge in [0.1, 0.15) is 5.82 Å². The highest BCUT2D eigenvalue weighted by Gasteiger charge is 2.10. The molecule has 0 atom stereocenters. The number of nitrogens with zero attached hydrogens (tertiary/aromatic N) is 2. The van der Waals surface area contributed by atoms with E-state index in [-0.39, 0.29) is 25.2 Å². The summed E-state index contributed by atoms with van der Waals surface area (Å²) in [7, 11) is 1.72. The van der Waals surface area contributed by atoms with E-state index in [1.807, 2.05) is 12.1 Å². The molecule has 0 unspecified atom stereocenters. The lowest BCUT2D eigenvalue weighted by Gasteiger charge is -2.05. The Kier molecular flexibility index (Phi) is 5.16. The lowest BCUT2D eigenvalue weighted by atomic mass is 10.1. The molecule has 1 aromatic carbocycles. The molecule has 6 nitrogen and oxygen atoms in total. The number of hydrogen-bond donors (Lipinski definition) is 1. The van der Waals surface area contributed by atoms with Crippen molar-refractivity contribution in [3.05, 3.63) is 35.4 Å². The number of anilines is 1. The third-order valence-corrected chi connectivity index (χ3v) is 3.32. The summed E-state index contributed by atoms with van der Waals surface area (Å²) in [5.41, 5.74) is 1.60. The smallest absolute Gasteiger partial charge is 0.225 e. The second-order valence-corrected chi connectivity index (χ2v) is 5.26. The summed E-state index contributed by atoms with van der Waals surface area (Å²) in [6.07, 6.45) is 0.236. The van der Waals surface area contributed by atoms with Crippen molar-refractivity contribution < 1.29 is 14.7 Å². The molecule has 0 spiro atoms. The summed E-state index contributed by atoms with van der Waals surface area (Å²) in [6.45, 7) is 0. The van der Waals surface area contributed by atoms with E-state index in [0.717, 1.165) is 5.56 Å². The van der Waals surface area contributed by atoms with E-state index < -0.39 is 5.97 Å². The van der Waals surface area contributed by atoms with Crippen molar-refractivity contribution in [2.75, 3.05) is 5.32 Å². The molecule has 0 saturated heterocycles. The van der Waals surface area contributed by atoms with Gasteiger partial charge in [0.15, 0.2) is 0 Å². The number of amides is 1. The van der Waals surface area contributed by atoms with Crippen LogP contribution in [0.3, 0.4) is 0 Å². The number of hydrogen-bond acceptors (Lipinski definition) is 4. The Bertz CT molecular complexity index is 680. The lowest BCUT2D eigenvalue weighted by Crippen LogP contribution is -2.22. The molecule has 0 aliphatic heterocycles. The number of rotatable bonds is 6. The molecule has 116 valence electrons. The van der Waals surface area contributed by atoms with Crippen LogP contribution in [0.5, 0.6) is 0 Å². The number of carboxylic acids is 1. The van der Waals surface area contributed by atoms with Crippen molar-refractivity contribution >= 4 is 29.3 Å². The fourth-order valence-electron chi connectivity index (χ4n) is 1.94. The predicted molar refractivity (Wildman–Crippen MR) is 81.1 cm³/mol. The maximum atomic E-state index is 11.8. The van der Waals surface area contributed by atoms with E-state index in [2.05, 4.69) is 10.4 Å². The van der Waals surface area contributed by atoms with Gasteiger partial charge in [-0.1, -0.05) is 23.7 Å². The summed E-state index contributed by atoms with van der Waals surface area (Å²) in [6, 6.07) is 8.97. The van der Waals surface area contributed by atoms with Gasteiger partial charge in [0.25, 0.3) is 0 Å². The second-order valence-electron chi connectivity index (χ2n) is 4.82. The monoisotopic (exact) mass is 320 g/mol. The number of aliphatic carboxylic acids is 1. The molecule has 2 rings (SSSR count). The van der Waals surface area contributed by atoms with Crippen LogP contribution in [0.2, 0.25) is 5.02 Å². The lowest BCUT2D eigenvalue weighted by molar-refractivity contribution is -0.305. The van der Waals surface area contributed by atoms with E-state index in [4.69, 9.17) is 11.6 Å². The molecule has 0 aliphatic carbocycles. The zero-order chi connectivity index (χ0) is 16.1. The fraction of sp³-hybridized carbons (Fsp3) is 0.267. The van der Waals surface area contributed by atoms with Crippen LogP contribution < -0.4 is 10.4 Å². The Morgan fingerprint density at radius 1 is 1.27 bits per heavy atom. The van der Waals surface area contributed by atoms with Crippen LogP contribution in [0, 0.1) is 0 Å². The Morgan fingerprint density at radius 3 is 2.59 bits per heavy atom. The Balaban J connectivity index is 2.02. The quantitative estimate of drug-likeness (QED) is 0.875. The fourth-order valence-corrected chi connectivity index (χ4v) is 2.07. The van der Waals surface area contributed by atoms with Crippen LogP contribution in [0.15, 0.2) is 30.3 Å². The van der Waals surface area contributed by atoms with Crippen LogP contribution in [0.25, 0.3) is 11.3 Å². The van der Waals surface area contributed by atoms with E-state index in [1.54, 1.807) is 29.9 Å². The summed E-state index contributed by atoms with van der Waals surface area (Å²) in [5.74, 6) is -0.867. The third kappa shape index (κ3) is 4.33. The summed E-state index contributed by atoms with van der Waals surface area (Å²) >= 11 is 5.85. The van der Waals surface area contributed by atoms with Crippen LogP contribution in [-0.2, 0) is 16.6 Å². The number of aromatic nitrogens is 2. The zero-order valence-corrected chi connectivity index (χ0v) is 12.8. The van der Waals surface area contributed by atoms with Gasteiger partial charge in [0.05, 0.1) is 5.69 Å². The van der Waals surface area contributed by atoms with E-state index in [1.165, 1.54) is 0 Å². The Labute approximate surface area is 132 Å².